The molecule has 5 nitrogen and oxygen atoms in total. The lowest BCUT2D eigenvalue weighted by Crippen LogP contribution is -1.95. The Kier molecular flexibility index (Phi) is 4.94. The van der Waals surface area contributed by atoms with Crippen LogP contribution in [0.1, 0.15) is 0 Å². The molecule has 0 aliphatic carbocycles. The molecule has 0 saturated carbocycles. The summed E-state index contributed by atoms with van der Waals surface area (Å²) in [6, 6.07) is 4.27. The average Bonchev–Trinajstić information content (AvgIpc) is 2.26. The summed E-state index contributed by atoms with van der Waals surface area (Å²) in [4.78, 5) is 10.00. The van der Waals surface area contributed by atoms with Crippen LogP contribution in [0.5, 0.6) is 5.75 Å². The Bertz CT molecular complexity index is 406. The van der Waals surface area contributed by atoms with Gasteiger partial charge >= 0.3 is 0 Å². The normalized spacial score (nSPS) is 10.6. The number of aliphatic hydroxyl groups excluding tert-OH is 1. The molecule has 1 aromatic rings. The van der Waals surface area contributed by atoms with Gasteiger partial charge in [-0.2, -0.15) is 0 Å². The van der Waals surface area contributed by atoms with Crippen LogP contribution in [0, 0.1) is 10.1 Å². The number of nitrogens with zero attached hydrogens (tertiary/aromatic N) is 1. The van der Waals surface area contributed by atoms with E-state index < -0.39 is 4.92 Å². The van der Waals surface area contributed by atoms with Crippen LogP contribution in [-0.4, -0.2) is 23.2 Å². The van der Waals surface area contributed by atoms with Crippen molar-refractivity contribution >= 4 is 21.6 Å². The Balaban J connectivity index is 2.68. The number of rotatable bonds is 5. The van der Waals surface area contributed by atoms with Crippen molar-refractivity contribution in [3.8, 4) is 5.75 Å². The molecule has 1 aromatic carbocycles. The highest BCUT2D eigenvalue weighted by molar-refractivity contribution is 9.10. The Morgan fingerprint density at radius 2 is 2.25 bits per heavy atom. The van der Waals surface area contributed by atoms with Crippen molar-refractivity contribution < 1.29 is 14.8 Å². The fourth-order valence-electron chi connectivity index (χ4n) is 1.00. The molecule has 86 valence electrons. The van der Waals surface area contributed by atoms with Crippen molar-refractivity contribution in [2.24, 2.45) is 0 Å². The summed E-state index contributed by atoms with van der Waals surface area (Å²) in [5.74, 6) is 0.521. The van der Waals surface area contributed by atoms with Crippen LogP contribution in [0.25, 0.3) is 0 Å². The molecule has 6 heteroatoms. The first kappa shape index (κ1) is 12.7. The SMILES string of the molecule is O=[N+]([O-])c1ccc(OCC=CCO)c(Br)c1. The number of halogens is 1. The van der Waals surface area contributed by atoms with Gasteiger partial charge in [-0.25, -0.2) is 0 Å². The van der Waals surface area contributed by atoms with Crippen LogP contribution in [0.3, 0.4) is 0 Å². The topological polar surface area (TPSA) is 72.6 Å². The molecule has 0 atom stereocenters. The molecular formula is C10H10BrNO4. The third kappa shape index (κ3) is 3.63. The zero-order valence-corrected chi connectivity index (χ0v) is 9.88. The highest BCUT2D eigenvalue weighted by Gasteiger charge is 2.09. The van der Waals surface area contributed by atoms with E-state index in [0.29, 0.717) is 16.8 Å². The summed E-state index contributed by atoms with van der Waals surface area (Å²) in [6.07, 6.45) is 3.22. The molecule has 1 N–H and O–H groups in total. The highest BCUT2D eigenvalue weighted by Crippen LogP contribution is 2.28. The smallest absolute Gasteiger partial charge is 0.270 e. The molecule has 0 radical (unpaired) electrons. The van der Waals surface area contributed by atoms with Crippen LogP contribution in [0.2, 0.25) is 0 Å². The van der Waals surface area contributed by atoms with Crippen LogP contribution in [0.15, 0.2) is 34.8 Å². The second kappa shape index (κ2) is 6.24. The molecule has 1 rings (SSSR count). The zero-order chi connectivity index (χ0) is 12.0. The number of non-ortho nitro benzene ring substituents is 1. The molecule has 0 unspecified atom stereocenters. The number of benzene rings is 1. The van der Waals surface area contributed by atoms with Crippen molar-refractivity contribution in [3.63, 3.8) is 0 Å². The first-order valence-electron chi connectivity index (χ1n) is 4.47. The van der Waals surface area contributed by atoms with Gasteiger partial charge in [0.25, 0.3) is 5.69 Å². The van der Waals surface area contributed by atoms with Crippen LogP contribution >= 0.6 is 15.9 Å². The zero-order valence-electron chi connectivity index (χ0n) is 8.30. The molecule has 0 spiro atoms. The lowest BCUT2D eigenvalue weighted by atomic mass is 10.3. The quantitative estimate of drug-likeness (QED) is 0.512. The minimum Gasteiger partial charge on any atom is -0.488 e. The fraction of sp³-hybridized carbons (Fsp3) is 0.200. The van der Waals surface area contributed by atoms with Crippen LogP contribution in [-0.2, 0) is 0 Å². The number of nitro benzene ring substituents is 1. The minimum absolute atomic E-state index is 0.00475. The molecular weight excluding hydrogens is 278 g/mol. The third-order valence-electron chi connectivity index (χ3n) is 1.73. The predicted octanol–water partition coefficient (Wildman–Crippen LogP) is 2.28. The van der Waals surface area contributed by atoms with Gasteiger partial charge in [0.15, 0.2) is 0 Å². The highest BCUT2D eigenvalue weighted by atomic mass is 79.9. The first-order chi connectivity index (χ1) is 7.65. The Hall–Kier alpha value is -1.40. The van der Waals surface area contributed by atoms with E-state index in [1.165, 1.54) is 18.2 Å². The summed E-state index contributed by atoms with van der Waals surface area (Å²) in [5, 5.41) is 19.0. The summed E-state index contributed by atoms with van der Waals surface area (Å²) in [6.45, 7) is 0.266. The van der Waals surface area contributed by atoms with Gasteiger partial charge < -0.3 is 9.84 Å². The number of hydrogen-bond donors (Lipinski definition) is 1. The average molecular weight is 288 g/mol. The van der Waals surface area contributed by atoms with E-state index in [4.69, 9.17) is 9.84 Å². The fourth-order valence-corrected chi connectivity index (χ4v) is 1.48. The molecule has 0 saturated heterocycles. The van der Waals surface area contributed by atoms with E-state index in [9.17, 15) is 10.1 Å². The first-order valence-corrected chi connectivity index (χ1v) is 5.27. The van der Waals surface area contributed by atoms with Gasteiger partial charge in [-0.3, -0.25) is 10.1 Å². The molecule has 0 heterocycles. The lowest BCUT2D eigenvalue weighted by molar-refractivity contribution is -0.384. The minimum atomic E-state index is -0.472. The van der Waals surface area contributed by atoms with Gasteiger partial charge in [-0.05, 0) is 28.1 Å². The standard InChI is InChI=1S/C10H10BrNO4/c11-9-7-8(12(14)15)3-4-10(9)16-6-2-1-5-13/h1-4,7,13H,5-6H2. The maximum absolute atomic E-state index is 10.5. The van der Waals surface area contributed by atoms with E-state index >= 15 is 0 Å². The number of ether oxygens (including phenoxy) is 1. The van der Waals surface area contributed by atoms with E-state index in [1.54, 1.807) is 12.2 Å². The Morgan fingerprint density at radius 3 is 2.81 bits per heavy atom. The van der Waals surface area contributed by atoms with Gasteiger partial charge in [0.2, 0.25) is 0 Å². The molecule has 0 aliphatic rings. The largest absolute Gasteiger partial charge is 0.488 e. The van der Waals surface area contributed by atoms with Gasteiger partial charge in [-0.1, -0.05) is 6.08 Å². The molecule has 0 bridgehead atoms. The molecule has 16 heavy (non-hydrogen) atoms. The van der Waals surface area contributed by atoms with Crippen molar-refractivity contribution in [3.05, 3.63) is 44.9 Å². The van der Waals surface area contributed by atoms with Crippen molar-refractivity contribution in [1.29, 1.82) is 0 Å². The maximum atomic E-state index is 10.5. The van der Waals surface area contributed by atoms with E-state index in [0.717, 1.165) is 0 Å². The second-order valence-electron chi connectivity index (χ2n) is 2.84. The maximum Gasteiger partial charge on any atom is 0.270 e. The van der Waals surface area contributed by atoms with Crippen molar-refractivity contribution in [2.75, 3.05) is 13.2 Å². The number of nitro groups is 1. The molecule has 0 amide bonds. The van der Waals surface area contributed by atoms with Gasteiger partial charge in [0.05, 0.1) is 16.0 Å². The summed E-state index contributed by atoms with van der Waals surface area (Å²) in [7, 11) is 0. The van der Waals surface area contributed by atoms with Crippen LogP contribution in [0.4, 0.5) is 5.69 Å². The molecule has 0 fully saturated rings. The van der Waals surface area contributed by atoms with Gasteiger partial charge in [0, 0.05) is 12.1 Å². The van der Waals surface area contributed by atoms with Crippen molar-refractivity contribution in [2.45, 2.75) is 0 Å². The lowest BCUT2D eigenvalue weighted by Gasteiger charge is -2.04. The summed E-state index contributed by atoms with van der Waals surface area (Å²) < 4.78 is 5.83. The monoisotopic (exact) mass is 287 g/mol. The van der Waals surface area contributed by atoms with E-state index in [2.05, 4.69) is 15.9 Å². The summed E-state index contributed by atoms with van der Waals surface area (Å²) >= 11 is 3.18. The summed E-state index contributed by atoms with van der Waals surface area (Å²) in [5.41, 5.74) is 0.00475. The third-order valence-corrected chi connectivity index (χ3v) is 2.35. The van der Waals surface area contributed by atoms with Crippen LogP contribution < -0.4 is 4.74 Å². The second-order valence-corrected chi connectivity index (χ2v) is 3.69. The predicted molar refractivity (Wildman–Crippen MR) is 62.5 cm³/mol. The molecule has 0 aromatic heterocycles. The number of hydrogen-bond acceptors (Lipinski definition) is 4. The van der Waals surface area contributed by atoms with Crippen molar-refractivity contribution in [1.82, 2.24) is 0 Å². The van der Waals surface area contributed by atoms with Gasteiger partial charge in [-0.15, -0.1) is 0 Å². The van der Waals surface area contributed by atoms with E-state index in [-0.39, 0.29) is 12.3 Å². The van der Waals surface area contributed by atoms with E-state index in [1.807, 2.05) is 0 Å². The molecule has 0 aliphatic heterocycles. The van der Waals surface area contributed by atoms with Gasteiger partial charge in [0.1, 0.15) is 12.4 Å². The number of aliphatic hydroxyl groups is 1. The Morgan fingerprint density at radius 1 is 1.50 bits per heavy atom. The Labute approximate surface area is 101 Å².